The van der Waals surface area contributed by atoms with E-state index in [0.717, 1.165) is 18.5 Å². The molecule has 1 saturated heterocycles. The van der Waals surface area contributed by atoms with Crippen molar-refractivity contribution in [3.63, 3.8) is 0 Å². The van der Waals surface area contributed by atoms with Gasteiger partial charge in [-0.15, -0.1) is 0 Å². The van der Waals surface area contributed by atoms with Gasteiger partial charge in [0.1, 0.15) is 0 Å². The maximum atomic E-state index is 5.37. The van der Waals surface area contributed by atoms with Gasteiger partial charge < -0.3 is 9.84 Å². The third kappa shape index (κ3) is 2.29. The van der Waals surface area contributed by atoms with Crippen LogP contribution in [0.3, 0.4) is 0 Å². The number of rotatable bonds is 2. The Labute approximate surface area is 106 Å². The number of aryl methyl sites for hydroxylation is 1. The van der Waals surface area contributed by atoms with Gasteiger partial charge >= 0.3 is 0 Å². The van der Waals surface area contributed by atoms with E-state index in [1.54, 1.807) is 0 Å². The van der Waals surface area contributed by atoms with Crippen LogP contribution in [0, 0.1) is 6.92 Å². The normalized spacial score (nSPS) is 19.9. The first-order valence-corrected chi connectivity index (χ1v) is 6.47. The molecule has 0 amide bonds. The molecule has 1 atom stereocenters. The number of aromatic nitrogens is 2. The standard InChI is InChI=1S/C14H17N3O/c1-10-5-4-6-11(9-10)13-16-14(18-17-13)12-7-2-3-8-15-12/h4-6,9,12,15H,2-3,7-8H2,1H3/t12-/m1/s1. The highest BCUT2D eigenvalue weighted by atomic mass is 16.5. The number of benzene rings is 1. The number of nitrogens with one attached hydrogen (secondary N) is 1. The summed E-state index contributed by atoms with van der Waals surface area (Å²) in [6.07, 6.45) is 3.53. The van der Waals surface area contributed by atoms with Gasteiger partial charge in [-0.05, 0) is 32.4 Å². The van der Waals surface area contributed by atoms with Crippen molar-refractivity contribution in [2.75, 3.05) is 6.54 Å². The van der Waals surface area contributed by atoms with E-state index in [1.807, 2.05) is 12.1 Å². The predicted octanol–water partition coefficient (Wildman–Crippen LogP) is 2.86. The minimum Gasteiger partial charge on any atom is -0.337 e. The molecule has 2 aromatic rings. The van der Waals surface area contributed by atoms with Crippen molar-refractivity contribution < 1.29 is 4.52 Å². The lowest BCUT2D eigenvalue weighted by Gasteiger charge is -2.19. The average Bonchev–Trinajstić information content (AvgIpc) is 2.89. The minimum absolute atomic E-state index is 0.227. The maximum absolute atomic E-state index is 5.37. The average molecular weight is 243 g/mol. The molecule has 0 unspecified atom stereocenters. The molecule has 0 saturated carbocycles. The molecule has 0 bridgehead atoms. The minimum atomic E-state index is 0.227. The van der Waals surface area contributed by atoms with Crippen LogP contribution < -0.4 is 5.32 Å². The van der Waals surface area contributed by atoms with Gasteiger partial charge in [-0.1, -0.05) is 35.3 Å². The molecule has 0 radical (unpaired) electrons. The highest BCUT2D eigenvalue weighted by molar-refractivity contribution is 5.55. The summed E-state index contributed by atoms with van der Waals surface area (Å²) in [4.78, 5) is 4.50. The van der Waals surface area contributed by atoms with E-state index in [1.165, 1.54) is 18.4 Å². The molecule has 18 heavy (non-hydrogen) atoms. The Morgan fingerprint density at radius 2 is 2.28 bits per heavy atom. The summed E-state index contributed by atoms with van der Waals surface area (Å²) < 4.78 is 5.37. The van der Waals surface area contributed by atoms with Crippen molar-refractivity contribution in [2.45, 2.75) is 32.2 Å². The summed E-state index contributed by atoms with van der Waals surface area (Å²) in [5.41, 5.74) is 2.22. The van der Waals surface area contributed by atoms with E-state index < -0.39 is 0 Å². The van der Waals surface area contributed by atoms with Crippen LogP contribution in [0.1, 0.15) is 36.8 Å². The van der Waals surface area contributed by atoms with Crippen molar-refractivity contribution in [3.05, 3.63) is 35.7 Å². The fraction of sp³-hybridized carbons (Fsp3) is 0.429. The van der Waals surface area contributed by atoms with Gasteiger partial charge in [-0.2, -0.15) is 4.98 Å². The van der Waals surface area contributed by atoms with Crippen LogP contribution in [-0.2, 0) is 0 Å². The van der Waals surface area contributed by atoms with Crippen molar-refractivity contribution in [3.8, 4) is 11.4 Å². The molecular weight excluding hydrogens is 226 g/mol. The smallest absolute Gasteiger partial charge is 0.244 e. The first-order chi connectivity index (χ1) is 8.83. The van der Waals surface area contributed by atoms with Gasteiger partial charge in [0.05, 0.1) is 6.04 Å². The van der Waals surface area contributed by atoms with Gasteiger partial charge in [0.2, 0.25) is 11.7 Å². The number of piperidine rings is 1. The Hall–Kier alpha value is -1.68. The molecule has 0 aliphatic carbocycles. The van der Waals surface area contributed by atoms with Crippen molar-refractivity contribution in [1.29, 1.82) is 0 Å². The molecule has 1 N–H and O–H groups in total. The zero-order chi connectivity index (χ0) is 12.4. The SMILES string of the molecule is Cc1cccc(-c2noc([C@H]3CCCCN3)n2)c1. The van der Waals surface area contributed by atoms with Crippen LogP contribution in [0.4, 0.5) is 0 Å². The largest absolute Gasteiger partial charge is 0.337 e. The second-order valence-electron chi connectivity index (χ2n) is 4.83. The monoisotopic (exact) mass is 243 g/mol. The maximum Gasteiger partial charge on any atom is 0.244 e. The first-order valence-electron chi connectivity index (χ1n) is 6.47. The summed E-state index contributed by atoms with van der Waals surface area (Å²) in [6.45, 7) is 3.10. The first kappa shape index (κ1) is 11.4. The van der Waals surface area contributed by atoms with Gasteiger partial charge in [0, 0.05) is 5.56 Å². The fourth-order valence-corrected chi connectivity index (χ4v) is 2.34. The lowest BCUT2D eigenvalue weighted by molar-refractivity contribution is 0.297. The van der Waals surface area contributed by atoms with Gasteiger partial charge in [-0.3, -0.25) is 0 Å². The van der Waals surface area contributed by atoms with Crippen LogP contribution in [0.25, 0.3) is 11.4 Å². The van der Waals surface area contributed by atoms with Crippen molar-refractivity contribution in [1.82, 2.24) is 15.5 Å². The zero-order valence-electron chi connectivity index (χ0n) is 10.5. The van der Waals surface area contributed by atoms with Gasteiger partial charge in [0.15, 0.2) is 0 Å². The van der Waals surface area contributed by atoms with Crippen molar-refractivity contribution in [2.24, 2.45) is 0 Å². The molecule has 1 aromatic heterocycles. The van der Waals surface area contributed by atoms with Crippen LogP contribution >= 0.6 is 0 Å². The molecule has 1 aliphatic rings. The number of nitrogens with zero attached hydrogens (tertiary/aromatic N) is 2. The van der Waals surface area contributed by atoms with Crippen LogP contribution in [-0.4, -0.2) is 16.7 Å². The highest BCUT2D eigenvalue weighted by Crippen LogP contribution is 2.24. The van der Waals surface area contributed by atoms with E-state index in [9.17, 15) is 0 Å². The molecule has 1 aliphatic heterocycles. The lowest BCUT2D eigenvalue weighted by atomic mass is 10.1. The Balaban J connectivity index is 1.84. The lowest BCUT2D eigenvalue weighted by Crippen LogP contribution is -2.26. The van der Waals surface area contributed by atoms with Crippen molar-refractivity contribution >= 4 is 0 Å². The summed E-state index contributed by atoms with van der Waals surface area (Å²) in [5, 5.41) is 7.49. The molecular formula is C14H17N3O. The number of hydrogen-bond donors (Lipinski definition) is 1. The molecule has 3 rings (SSSR count). The van der Waals surface area contributed by atoms with Gasteiger partial charge in [-0.25, -0.2) is 0 Å². The van der Waals surface area contributed by atoms with E-state index in [4.69, 9.17) is 4.52 Å². The highest BCUT2D eigenvalue weighted by Gasteiger charge is 2.21. The van der Waals surface area contributed by atoms with Gasteiger partial charge in [0.25, 0.3) is 0 Å². The third-order valence-corrected chi connectivity index (χ3v) is 3.33. The summed E-state index contributed by atoms with van der Waals surface area (Å²) in [6, 6.07) is 8.39. The molecule has 94 valence electrons. The topological polar surface area (TPSA) is 51.0 Å². The molecule has 2 heterocycles. The molecule has 4 nitrogen and oxygen atoms in total. The molecule has 0 spiro atoms. The Bertz CT molecular complexity index is 529. The number of hydrogen-bond acceptors (Lipinski definition) is 4. The molecule has 4 heteroatoms. The summed E-state index contributed by atoms with van der Waals surface area (Å²) in [5.74, 6) is 1.40. The van der Waals surface area contributed by atoms with E-state index in [-0.39, 0.29) is 6.04 Å². The fourth-order valence-electron chi connectivity index (χ4n) is 2.34. The second-order valence-corrected chi connectivity index (χ2v) is 4.83. The molecule has 1 aromatic carbocycles. The van der Waals surface area contributed by atoms with E-state index in [0.29, 0.717) is 11.7 Å². The van der Waals surface area contributed by atoms with E-state index in [2.05, 4.69) is 34.5 Å². The zero-order valence-corrected chi connectivity index (χ0v) is 10.5. The summed E-state index contributed by atoms with van der Waals surface area (Å²) >= 11 is 0. The quantitative estimate of drug-likeness (QED) is 0.881. The summed E-state index contributed by atoms with van der Waals surface area (Å²) in [7, 11) is 0. The Morgan fingerprint density at radius 1 is 1.33 bits per heavy atom. The van der Waals surface area contributed by atoms with Crippen LogP contribution in [0.2, 0.25) is 0 Å². The molecule has 1 fully saturated rings. The Kier molecular flexibility index (Phi) is 3.11. The Morgan fingerprint density at radius 3 is 3.06 bits per heavy atom. The third-order valence-electron chi connectivity index (χ3n) is 3.33. The van der Waals surface area contributed by atoms with Crippen LogP contribution in [0.15, 0.2) is 28.8 Å². The van der Waals surface area contributed by atoms with Crippen LogP contribution in [0.5, 0.6) is 0 Å². The van der Waals surface area contributed by atoms with E-state index >= 15 is 0 Å². The second kappa shape index (κ2) is 4.90. The predicted molar refractivity (Wildman–Crippen MR) is 69.1 cm³/mol.